The van der Waals surface area contributed by atoms with E-state index < -0.39 is 11.9 Å². The number of halogens is 1. The molecule has 0 unspecified atom stereocenters. The Labute approximate surface area is 235 Å². The molecule has 1 aromatic heterocycles. The lowest BCUT2D eigenvalue weighted by molar-refractivity contribution is -0.139. The maximum Gasteiger partial charge on any atom is 0.251 e. The number of piperidine rings is 1. The fourth-order valence-corrected chi connectivity index (χ4v) is 6.04. The van der Waals surface area contributed by atoms with Crippen molar-refractivity contribution in [2.45, 2.75) is 44.8 Å². The second kappa shape index (κ2) is 10.7. The standard InChI is InChI=1S/C29H30FN5O4S/c1-16(23-11-18(15-40-23)26(31)32)34-28(38)22-12-29(2)13-24(29)35(22)25(36)14-33-27(37)17-3-7-20(8-4-17)39-21-9-5-19(30)6-10-21/h3-11,15-16,22,24H,12-14H2,1-2H3,(H3,31,32)(H,33,37)(H,34,38)/t16-,22+,24+,29-/m1/s1. The second-order valence-electron chi connectivity index (χ2n) is 10.5. The molecule has 1 aliphatic carbocycles. The number of amides is 3. The van der Waals surface area contributed by atoms with Crippen LogP contribution in [0.1, 0.15) is 53.5 Å². The van der Waals surface area contributed by atoms with Crippen molar-refractivity contribution in [3.63, 3.8) is 0 Å². The monoisotopic (exact) mass is 563 g/mol. The third-order valence-corrected chi connectivity index (χ3v) is 8.62. The fraction of sp³-hybridized carbons (Fsp3) is 0.310. The highest BCUT2D eigenvalue weighted by atomic mass is 32.1. The molecule has 5 rings (SSSR count). The Morgan fingerprint density at radius 2 is 1.77 bits per heavy atom. The summed E-state index contributed by atoms with van der Waals surface area (Å²) in [7, 11) is 0. The lowest BCUT2D eigenvalue weighted by Gasteiger charge is -2.28. The molecule has 2 heterocycles. The molecule has 4 atom stereocenters. The van der Waals surface area contributed by atoms with E-state index in [2.05, 4.69) is 17.6 Å². The van der Waals surface area contributed by atoms with Gasteiger partial charge in [-0.1, -0.05) is 6.92 Å². The lowest BCUT2D eigenvalue weighted by atomic mass is 10.0. The zero-order valence-electron chi connectivity index (χ0n) is 22.1. The molecule has 208 valence electrons. The van der Waals surface area contributed by atoms with E-state index in [1.165, 1.54) is 35.6 Å². The van der Waals surface area contributed by atoms with Gasteiger partial charge in [0, 0.05) is 27.4 Å². The van der Waals surface area contributed by atoms with E-state index in [1.54, 1.807) is 40.6 Å². The van der Waals surface area contributed by atoms with Crippen LogP contribution in [0, 0.1) is 16.6 Å². The zero-order valence-corrected chi connectivity index (χ0v) is 22.9. The van der Waals surface area contributed by atoms with Crippen LogP contribution in [0.25, 0.3) is 0 Å². The highest BCUT2D eigenvalue weighted by Gasteiger charge is 2.64. The number of thiophene rings is 1. The summed E-state index contributed by atoms with van der Waals surface area (Å²) in [6.45, 7) is 3.69. The van der Waals surface area contributed by atoms with Crippen LogP contribution in [0.4, 0.5) is 4.39 Å². The summed E-state index contributed by atoms with van der Waals surface area (Å²) >= 11 is 1.41. The molecule has 2 fully saturated rings. The summed E-state index contributed by atoms with van der Waals surface area (Å²) in [6.07, 6.45) is 1.39. The Morgan fingerprint density at radius 3 is 2.40 bits per heavy atom. The second-order valence-corrected chi connectivity index (χ2v) is 11.5. The van der Waals surface area contributed by atoms with Crippen molar-refractivity contribution in [1.29, 1.82) is 5.41 Å². The maximum atomic E-state index is 13.2. The van der Waals surface area contributed by atoms with Gasteiger partial charge in [-0.3, -0.25) is 19.8 Å². The van der Waals surface area contributed by atoms with Gasteiger partial charge in [0.05, 0.1) is 12.6 Å². The summed E-state index contributed by atoms with van der Waals surface area (Å²) in [5.41, 5.74) is 6.41. The highest BCUT2D eigenvalue weighted by Crippen LogP contribution is 2.59. The first-order valence-corrected chi connectivity index (χ1v) is 13.8. The highest BCUT2D eigenvalue weighted by molar-refractivity contribution is 7.10. The van der Waals surface area contributed by atoms with Gasteiger partial charge >= 0.3 is 0 Å². The molecule has 11 heteroatoms. The van der Waals surface area contributed by atoms with Gasteiger partial charge in [-0.25, -0.2) is 4.39 Å². The van der Waals surface area contributed by atoms with Crippen LogP contribution < -0.4 is 21.1 Å². The van der Waals surface area contributed by atoms with E-state index in [9.17, 15) is 18.8 Å². The summed E-state index contributed by atoms with van der Waals surface area (Å²) < 4.78 is 18.7. The molecule has 3 aromatic rings. The fourth-order valence-electron chi connectivity index (χ4n) is 5.12. The zero-order chi connectivity index (χ0) is 28.6. The van der Waals surface area contributed by atoms with E-state index in [0.29, 0.717) is 29.0 Å². The number of nitrogens with one attached hydrogen (secondary N) is 3. The number of hydrogen-bond donors (Lipinski definition) is 4. The normalized spacial score (nSPS) is 21.7. The quantitative estimate of drug-likeness (QED) is 0.231. The molecule has 2 aromatic carbocycles. The van der Waals surface area contributed by atoms with Gasteiger partial charge in [0.2, 0.25) is 11.8 Å². The van der Waals surface area contributed by atoms with Crippen molar-refractivity contribution in [3.05, 3.63) is 81.8 Å². The molecule has 40 heavy (non-hydrogen) atoms. The average molecular weight is 564 g/mol. The molecule has 3 amide bonds. The van der Waals surface area contributed by atoms with Crippen LogP contribution in [0.2, 0.25) is 0 Å². The summed E-state index contributed by atoms with van der Waals surface area (Å²) in [6, 6.07) is 12.8. The number of likely N-dealkylation sites (tertiary alicyclic amines) is 1. The van der Waals surface area contributed by atoms with Crippen molar-refractivity contribution in [2.75, 3.05) is 6.54 Å². The van der Waals surface area contributed by atoms with E-state index in [4.69, 9.17) is 15.9 Å². The smallest absolute Gasteiger partial charge is 0.251 e. The van der Waals surface area contributed by atoms with Crippen LogP contribution in [-0.4, -0.2) is 47.1 Å². The van der Waals surface area contributed by atoms with Crippen LogP contribution in [0.3, 0.4) is 0 Å². The first kappa shape index (κ1) is 27.3. The number of amidine groups is 1. The van der Waals surface area contributed by atoms with Crippen molar-refractivity contribution < 1.29 is 23.5 Å². The molecule has 1 saturated heterocycles. The first-order chi connectivity index (χ1) is 19.0. The molecule has 1 aliphatic heterocycles. The number of carbonyl (C=O) groups is 3. The number of nitrogen functional groups attached to an aromatic ring is 1. The number of fused-ring (bicyclic) bond motifs is 1. The van der Waals surface area contributed by atoms with Crippen molar-refractivity contribution in [2.24, 2.45) is 11.1 Å². The van der Waals surface area contributed by atoms with Gasteiger partial charge in [-0.05, 0) is 79.8 Å². The Kier molecular flexibility index (Phi) is 7.33. The Hall–Kier alpha value is -4.25. The molecule has 2 aliphatic rings. The number of benzene rings is 2. The number of nitrogens with zero attached hydrogens (tertiary/aromatic N) is 1. The summed E-state index contributed by atoms with van der Waals surface area (Å²) in [5.74, 6) is -0.420. The van der Waals surface area contributed by atoms with Crippen LogP contribution in [-0.2, 0) is 9.59 Å². The van der Waals surface area contributed by atoms with Gasteiger partial charge in [0.15, 0.2) is 0 Å². The maximum absolute atomic E-state index is 13.2. The predicted octanol–water partition coefficient (Wildman–Crippen LogP) is 3.95. The number of nitrogens with two attached hydrogens (primary N) is 1. The van der Waals surface area contributed by atoms with Crippen LogP contribution >= 0.6 is 11.3 Å². The number of ether oxygens (including phenoxy) is 1. The topological polar surface area (TPSA) is 138 Å². The number of rotatable bonds is 9. The van der Waals surface area contributed by atoms with Crippen LogP contribution in [0.5, 0.6) is 11.5 Å². The summed E-state index contributed by atoms with van der Waals surface area (Å²) in [5, 5.41) is 15.0. The van der Waals surface area contributed by atoms with E-state index in [0.717, 1.165) is 11.3 Å². The van der Waals surface area contributed by atoms with E-state index in [-0.39, 0.29) is 47.5 Å². The van der Waals surface area contributed by atoms with Gasteiger partial charge in [-0.15, -0.1) is 11.3 Å². The van der Waals surface area contributed by atoms with Crippen molar-refractivity contribution in [3.8, 4) is 11.5 Å². The predicted molar refractivity (Wildman–Crippen MR) is 149 cm³/mol. The molecular formula is C29H30FN5O4S. The third-order valence-electron chi connectivity index (χ3n) is 7.51. The van der Waals surface area contributed by atoms with Crippen molar-refractivity contribution >= 4 is 34.9 Å². The Bertz CT molecular complexity index is 1460. The minimum absolute atomic E-state index is 0.0297. The van der Waals surface area contributed by atoms with Gasteiger partial charge in [-0.2, -0.15) is 0 Å². The largest absolute Gasteiger partial charge is 0.457 e. The van der Waals surface area contributed by atoms with Crippen molar-refractivity contribution in [1.82, 2.24) is 15.5 Å². The molecule has 0 spiro atoms. The lowest BCUT2D eigenvalue weighted by Crippen LogP contribution is -2.51. The Balaban J connectivity index is 1.17. The average Bonchev–Trinajstić information content (AvgIpc) is 3.26. The minimum atomic E-state index is -0.620. The molecule has 0 radical (unpaired) electrons. The number of hydrogen-bond acceptors (Lipinski definition) is 6. The molecule has 9 nitrogen and oxygen atoms in total. The van der Waals surface area contributed by atoms with Gasteiger partial charge < -0.3 is 26.0 Å². The molecule has 1 saturated carbocycles. The van der Waals surface area contributed by atoms with E-state index in [1.807, 2.05) is 6.92 Å². The van der Waals surface area contributed by atoms with Crippen LogP contribution in [0.15, 0.2) is 60.0 Å². The molecule has 0 bridgehead atoms. The third kappa shape index (κ3) is 5.69. The SMILES string of the molecule is C[C@@H](NC(=O)[C@@H]1C[C@]2(C)C[C@@H]2N1C(=O)CNC(=O)c1ccc(Oc2ccc(F)cc2)cc1)c1cc(C(=N)N)cs1. The van der Waals surface area contributed by atoms with Gasteiger partial charge in [0.1, 0.15) is 29.2 Å². The van der Waals surface area contributed by atoms with Gasteiger partial charge in [0.25, 0.3) is 5.91 Å². The summed E-state index contributed by atoms with van der Waals surface area (Å²) in [4.78, 5) is 41.7. The Morgan fingerprint density at radius 1 is 1.12 bits per heavy atom. The van der Waals surface area contributed by atoms with E-state index >= 15 is 0 Å². The minimum Gasteiger partial charge on any atom is -0.457 e. The number of carbonyl (C=O) groups excluding carboxylic acids is 3. The first-order valence-electron chi connectivity index (χ1n) is 12.9. The molecular weight excluding hydrogens is 533 g/mol. The molecule has 5 N–H and O–H groups in total.